The Labute approximate surface area is 225 Å². The fourth-order valence-corrected chi connectivity index (χ4v) is 5.14. The van der Waals surface area contributed by atoms with Gasteiger partial charge in [0.1, 0.15) is 6.07 Å². The molecule has 0 aromatic heterocycles. The Balaban J connectivity index is 1.44. The topological polar surface area (TPSA) is 75.0 Å². The van der Waals surface area contributed by atoms with Crippen molar-refractivity contribution >= 4 is 17.3 Å². The van der Waals surface area contributed by atoms with Crippen LogP contribution in [0.25, 0.3) is 0 Å². The summed E-state index contributed by atoms with van der Waals surface area (Å²) in [7, 11) is 2.15. The molecule has 0 unspecified atom stereocenters. The maximum Gasteiger partial charge on any atom is 0.237 e. The lowest BCUT2D eigenvalue weighted by Gasteiger charge is -2.41. The smallest absolute Gasteiger partial charge is 0.237 e. The molecule has 1 N–H and O–H groups in total. The van der Waals surface area contributed by atoms with Gasteiger partial charge in [0.05, 0.1) is 29.5 Å². The minimum atomic E-state index is 0.103. The predicted molar refractivity (Wildman–Crippen MR) is 150 cm³/mol. The van der Waals surface area contributed by atoms with Crippen molar-refractivity contribution in [3.8, 4) is 6.07 Å². The van der Waals surface area contributed by atoms with E-state index in [2.05, 4.69) is 28.2 Å². The van der Waals surface area contributed by atoms with E-state index in [0.717, 1.165) is 61.7 Å². The number of piperazine rings is 2. The van der Waals surface area contributed by atoms with Crippen LogP contribution in [0.2, 0.25) is 0 Å². The minimum absolute atomic E-state index is 0.103. The lowest BCUT2D eigenvalue weighted by atomic mass is 10.0. The number of hydrogen-bond acceptors (Lipinski definition) is 6. The van der Waals surface area contributed by atoms with Gasteiger partial charge in [-0.25, -0.2) is 4.99 Å². The van der Waals surface area contributed by atoms with E-state index in [1.165, 1.54) is 0 Å². The number of carbonyl (C=O) groups excluding carboxylic acids is 1. The average Bonchev–Trinajstić information content (AvgIpc) is 2.96. The molecule has 2 aliphatic heterocycles. The second kappa shape index (κ2) is 12.1. The van der Waals surface area contributed by atoms with Gasteiger partial charge in [0.25, 0.3) is 0 Å². The lowest BCUT2D eigenvalue weighted by Crippen LogP contribution is -2.59. The van der Waals surface area contributed by atoms with Gasteiger partial charge in [0.2, 0.25) is 5.91 Å². The third kappa shape index (κ3) is 6.17. The van der Waals surface area contributed by atoms with Gasteiger partial charge >= 0.3 is 0 Å². The lowest BCUT2D eigenvalue weighted by molar-refractivity contribution is -0.136. The van der Waals surface area contributed by atoms with E-state index < -0.39 is 0 Å². The van der Waals surface area contributed by atoms with Crippen molar-refractivity contribution in [2.45, 2.75) is 12.6 Å². The van der Waals surface area contributed by atoms with Gasteiger partial charge in [-0.2, -0.15) is 5.26 Å². The minimum Gasteiger partial charge on any atom is -0.332 e. The standard InChI is InChI=1S/C31H34N6O/c1-35-14-16-36(17-15-35)23-28-20-33-21-30(38)37(28)22-24-12-13-27(19-32)29(18-24)34-31(25-8-4-2-5-9-25)26-10-6-3-7-11-26/h2-13,18,28,33H,14-17,20-23H2,1H3/t28-/m0/s1. The summed E-state index contributed by atoms with van der Waals surface area (Å²) in [5.74, 6) is 0.110. The second-order valence-electron chi connectivity index (χ2n) is 10.1. The van der Waals surface area contributed by atoms with E-state index in [1.54, 1.807) is 0 Å². The second-order valence-corrected chi connectivity index (χ2v) is 10.1. The molecule has 5 rings (SSSR count). The highest BCUT2D eigenvalue weighted by atomic mass is 16.2. The van der Waals surface area contributed by atoms with E-state index in [4.69, 9.17) is 4.99 Å². The van der Waals surface area contributed by atoms with Crippen molar-refractivity contribution in [2.75, 3.05) is 52.9 Å². The first-order chi connectivity index (χ1) is 18.6. The van der Waals surface area contributed by atoms with Gasteiger partial charge in [0, 0.05) is 56.9 Å². The highest BCUT2D eigenvalue weighted by Crippen LogP contribution is 2.25. The number of nitrogens with zero attached hydrogens (tertiary/aromatic N) is 5. The third-order valence-electron chi connectivity index (χ3n) is 7.34. The summed E-state index contributed by atoms with van der Waals surface area (Å²) in [4.78, 5) is 24.8. The molecule has 2 saturated heterocycles. The molecule has 2 fully saturated rings. The number of likely N-dealkylation sites (N-methyl/N-ethyl adjacent to an activating group) is 1. The van der Waals surface area contributed by atoms with Crippen molar-refractivity contribution in [1.82, 2.24) is 20.0 Å². The molecule has 2 heterocycles. The molecule has 38 heavy (non-hydrogen) atoms. The summed E-state index contributed by atoms with van der Waals surface area (Å²) in [6.07, 6.45) is 0. The Hall–Kier alpha value is -3.83. The normalized spacial score (nSPS) is 18.7. The van der Waals surface area contributed by atoms with Crippen LogP contribution in [0.3, 0.4) is 0 Å². The summed E-state index contributed by atoms with van der Waals surface area (Å²) in [6.45, 7) is 6.64. The van der Waals surface area contributed by atoms with Crippen LogP contribution in [-0.2, 0) is 11.3 Å². The van der Waals surface area contributed by atoms with Crippen molar-refractivity contribution in [1.29, 1.82) is 5.26 Å². The molecule has 7 heteroatoms. The Bertz CT molecular complexity index is 1270. The van der Waals surface area contributed by atoms with Crippen molar-refractivity contribution in [3.63, 3.8) is 0 Å². The van der Waals surface area contributed by atoms with E-state index >= 15 is 0 Å². The van der Waals surface area contributed by atoms with Crippen molar-refractivity contribution in [3.05, 3.63) is 101 Å². The van der Waals surface area contributed by atoms with Gasteiger partial charge in [-0.15, -0.1) is 0 Å². The number of carbonyl (C=O) groups is 1. The molecule has 3 aromatic rings. The number of aliphatic imine (C=N–C) groups is 1. The van der Waals surface area contributed by atoms with Crippen LogP contribution in [0, 0.1) is 11.3 Å². The first-order valence-electron chi connectivity index (χ1n) is 13.2. The average molecular weight is 507 g/mol. The molecule has 1 atom stereocenters. The Morgan fingerprint density at radius 3 is 2.26 bits per heavy atom. The van der Waals surface area contributed by atoms with Gasteiger partial charge in [-0.05, 0) is 24.7 Å². The van der Waals surface area contributed by atoms with Crippen LogP contribution in [0.4, 0.5) is 5.69 Å². The number of benzene rings is 3. The highest BCUT2D eigenvalue weighted by molar-refractivity contribution is 6.14. The fraction of sp³-hybridized carbons (Fsp3) is 0.323. The zero-order valence-electron chi connectivity index (χ0n) is 21.9. The quantitative estimate of drug-likeness (QED) is 0.498. The summed E-state index contributed by atoms with van der Waals surface area (Å²) in [6, 6.07) is 28.2. The summed E-state index contributed by atoms with van der Waals surface area (Å²) in [5, 5.41) is 13.2. The molecule has 0 saturated carbocycles. The van der Waals surface area contributed by atoms with Crippen molar-refractivity contribution in [2.24, 2.45) is 4.99 Å². The van der Waals surface area contributed by atoms with Crippen LogP contribution in [0.5, 0.6) is 0 Å². The molecule has 0 spiro atoms. The Kier molecular flexibility index (Phi) is 8.25. The van der Waals surface area contributed by atoms with Crippen LogP contribution in [-0.4, -0.2) is 85.2 Å². The number of nitrogens with one attached hydrogen (secondary N) is 1. The first kappa shape index (κ1) is 25.8. The summed E-state index contributed by atoms with van der Waals surface area (Å²) in [5.41, 5.74) is 4.88. The summed E-state index contributed by atoms with van der Waals surface area (Å²) < 4.78 is 0. The number of rotatable bonds is 7. The van der Waals surface area contributed by atoms with Gasteiger partial charge < -0.3 is 15.1 Å². The molecule has 0 aliphatic carbocycles. The highest BCUT2D eigenvalue weighted by Gasteiger charge is 2.30. The number of hydrogen-bond donors (Lipinski definition) is 1. The third-order valence-corrected chi connectivity index (χ3v) is 7.34. The largest absolute Gasteiger partial charge is 0.332 e. The Morgan fingerprint density at radius 2 is 1.63 bits per heavy atom. The van der Waals surface area contributed by atoms with Gasteiger partial charge in [-0.3, -0.25) is 9.69 Å². The van der Waals surface area contributed by atoms with Gasteiger partial charge in [0.15, 0.2) is 0 Å². The molecular formula is C31H34N6O. The van der Waals surface area contributed by atoms with E-state index in [9.17, 15) is 10.1 Å². The molecule has 1 amide bonds. The Morgan fingerprint density at radius 1 is 0.974 bits per heavy atom. The van der Waals surface area contributed by atoms with E-state index in [0.29, 0.717) is 24.3 Å². The first-order valence-corrected chi connectivity index (χ1v) is 13.2. The monoisotopic (exact) mass is 506 g/mol. The zero-order chi connectivity index (χ0) is 26.3. The molecular weight excluding hydrogens is 472 g/mol. The number of amides is 1. The SMILES string of the molecule is CN1CCN(C[C@@H]2CNCC(=O)N2Cc2ccc(C#N)c(N=C(c3ccccc3)c3ccccc3)c2)CC1. The number of nitriles is 1. The van der Waals surface area contributed by atoms with Crippen LogP contribution in [0.15, 0.2) is 83.9 Å². The fourth-order valence-electron chi connectivity index (χ4n) is 5.14. The van der Waals surface area contributed by atoms with E-state index in [1.807, 2.05) is 83.8 Å². The van der Waals surface area contributed by atoms with Crippen LogP contribution >= 0.6 is 0 Å². The maximum atomic E-state index is 13.0. The maximum absolute atomic E-state index is 13.0. The molecule has 2 aliphatic rings. The molecule has 0 radical (unpaired) electrons. The summed E-state index contributed by atoms with van der Waals surface area (Å²) >= 11 is 0. The molecule has 0 bridgehead atoms. The van der Waals surface area contributed by atoms with E-state index in [-0.39, 0.29) is 11.9 Å². The molecule has 194 valence electrons. The van der Waals surface area contributed by atoms with Crippen molar-refractivity contribution < 1.29 is 4.79 Å². The molecule has 7 nitrogen and oxygen atoms in total. The van der Waals surface area contributed by atoms with Crippen LogP contribution < -0.4 is 5.32 Å². The van der Waals surface area contributed by atoms with Crippen LogP contribution in [0.1, 0.15) is 22.3 Å². The molecule has 3 aromatic carbocycles. The zero-order valence-corrected chi connectivity index (χ0v) is 21.9. The predicted octanol–water partition coefficient (Wildman–Crippen LogP) is 3.28. The van der Waals surface area contributed by atoms with Gasteiger partial charge in [-0.1, -0.05) is 66.7 Å².